The van der Waals surface area contributed by atoms with Gasteiger partial charge in [-0.1, -0.05) is 17.7 Å². The molecule has 2 rings (SSSR count). The van der Waals surface area contributed by atoms with Crippen LogP contribution >= 0.6 is 11.6 Å². The molecular weight excluding hydrogens is 290 g/mol. The molecule has 0 fully saturated rings. The fraction of sp³-hybridized carbons (Fsp3) is 0.214. The molecule has 0 aliphatic rings. The van der Waals surface area contributed by atoms with Crippen LogP contribution in [0.4, 0.5) is 0 Å². The summed E-state index contributed by atoms with van der Waals surface area (Å²) in [4.78, 5) is 25.8. The molecule has 0 saturated heterocycles. The molecule has 2 heterocycles. The van der Waals surface area contributed by atoms with Crippen LogP contribution in [0.1, 0.15) is 22.5 Å². The lowest BCUT2D eigenvalue weighted by Gasteiger charge is -2.21. The summed E-state index contributed by atoms with van der Waals surface area (Å²) in [5.74, 6) is -0.316. The summed E-state index contributed by atoms with van der Waals surface area (Å²) in [6.45, 7) is 0.654. The zero-order chi connectivity index (χ0) is 15.1. The molecule has 7 heteroatoms. The second-order valence-corrected chi connectivity index (χ2v) is 4.61. The first-order valence-corrected chi connectivity index (χ1v) is 6.61. The maximum atomic E-state index is 12.4. The van der Waals surface area contributed by atoms with Crippen molar-refractivity contribution in [3.05, 3.63) is 53.3 Å². The van der Waals surface area contributed by atoms with E-state index in [1.807, 2.05) is 12.1 Å². The molecule has 2 aromatic heterocycles. The highest BCUT2D eigenvalue weighted by atomic mass is 35.5. The van der Waals surface area contributed by atoms with Gasteiger partial charge < -0.3 is 4.90 Å². The second kappa shape index (κ2) is 7.31. The van der Waals surface area contributed by atoms with Gasteiger partial charge in [-0.05, 0) is 11.6 Å². The molecule has 0 radical (unpaired) electrons. The van der Waals surface area contributed by atoms with E-state index in [9.17, 15) is 4.79 Å². The first-order chi connectivity index (χ1) is 10.2. The van der Waals surface area contributed by atoms with E-state index < -0.39 is 0 Å². The lowest BCUT2D eigenvalue weighted by molar-refractivity contribution is 0.0740. The van der Waals surface area contributed by atoms with Crippen LogP contribution in [0.5, 0.6) is 0 Å². The van der Waals surface area contributed by atoms with Gasteiger partial charge in [-0.25, -0.2) is 4.98 Å². The van der Waals surface area contributed by atoms with Gasteiger partial charge in [0, 0.05) is 25.5 Å². The van der Waals surface area contributed by atoms with Crippen molar-refractivity contribution in [2.75, 3.05) is 6.54 Å². The van der Waals surface area contributed by atoms with E-state index in [0.29, 0.717) is 13.1 Å². The minimum atomic E-state index is -0.316. The topological polar surface area (TPSA) is 82.8 Å². The largest absolute Gasteiger partial charge is 0.332 e. The lowest BCUT2D eigenvalue weighted by Crippen LogP contribution is -2.32. The molecule has 0 spiro atoms. The molecule has 2 aromatic rings. The predicted molar refractivity (Wildman–Crippen MR) is 76.2 cm³/mol. The van der Waals surface area contributed by atoms with Gasteiger partial charge in [-0.15, -0.1) is 0 Å². The number of aromatic nitrogens is 3. The Morgan fingerprint density at radius 1 is 1.33 bits per heavy atom. The minimum absolute atomic E-state index is 0.155. The second-order valence-electron chi connectivity index (χ2n) is 4.22. The van der Waals surface area contributed by atoms with Crippen molar-refractivity contribution in [3.8, 4) is 6.07 Å². The molecule has 0 aliphatic heterocycles. The number of hydrogen-bond donors (Lipinski definition) is 0. The van der Waals surface area contributed by atoms with Gasteiger partial charge in [0.25, 0.3) is 5.91 Å². The minimum Gasteiger partial charge on any atom is -0.332 e. The monoisotopic (exact) mass is 301 g/mol. The van der Waals surface area contributed by atoms with Crippen LogP contribution in [0.15, 0.2) is 36.9 Å². The summed E-state index contributed by atoms with van der Waals surface area (Å²) in [6.07, 6.45) is 6.29. The quantitative estimate of drug-likeness (QED) is 0.844. The van der Waals surface area contributed by atoms with Gasteiger partial charge in [0.1, 0.15) is 10.8 Å². The molecule has 0 aliphatic carbocycles. The van der Waals surface area contributed by atoms with Gasteiger partial charge in [0.2, 0.25) is 0 Å². The van der Waals surface area contributed by atoms with E-state index in [4.69, 9.17) is 16.9 Å². The summed E-state index contributed by atoms with van der Waals surface area (Å²) in [7, 11) is 0. The van der Waals surface area contributed by atoms with Gasteiger partial charge in [-0.2, -0.15) is 5.26 Å². The van der Waals surface area contributed by atoms with E-state index in [0.717, 1.165) is 5.56 Å². The summed E-state index contributed by atoms with van der Waals surface area (Å²) in [5, 5.41) is 8.88. The standard InChI is InChI=1S/C14H12ClN5O/c15-13-9-18-8-12(19-13)14(21)20(6-2-4-16)10-11-3-1-5-17-7-11/h1,3,5,7-9H,2,6,10H2. The normalized spacial score (nSPS) is 9.90. The molecule has 0 unspecified atom stereocenters. The Kier molecular flexibility index (Phi) is 5.18. The number of amides is 1. The Morgan fingerprint density at radius 2 is 2.19 bits per heavy atom. The SMILES string of the molecule is N#CCCN(Cc1cccnc1)C(=O)c1cncc(Cl)n1. The number of nitrogens with zero attached hydrogens (tertiary/aromatic N) is 5. The summed E-state index contributed by atoms with van der Waals surface area (Å²) >= 11 is 5.75. The molecule has 0 aromatic carbocycles. The third kappa shape index (κ3) is 4.23. The molecule has 106 valence electrons. The Balaban J connectivity index is 2.19. The van der Waals surface area contributed by atoms with Gasteiger partial charge in [0.05, 0.1) is 24.9 Å². The van der Waals surface area contributed by atoms with Crippen LogP contribution < -0.4 is 0 Å². The van der Waals surface area contributed by atoms with Crippen LogP contribution in [-0.4, -0.2) is 32.3 Å². The van der Waals surface area contributed by atoms with Crippen LogP contribution in [0.25, 0.3) is 0 Å². The molecule has 0 bridgehead atoms. The van der Waals surface area contributed by atoms with Crippen molar-refractivity contribution in [2.45, 2.75) is 13.0 Å². The Bertz CT molecular complexity index is 656. The average molecular weight is 302 g/mol. The third-order valence-corrected chi connectivity index (χ3v) is 2.88. The predicted octanol–water partition coefficient (Wildman–Crippen LogP) is 2.08. The molecular formula is C14H12ClN5O. The third-order valence-electron chi connectivity index (χ3n) is 2.70. The van der Waals surface area contributed by atoms with E-state index in [1.165, 1.54) is 17.3 Å². The van der Waals surface area contributed by atoms with Crippen molar-refractivity contribution in [1.29, 1.82) is 5.26 Å². The highest BCUT2D eigenvalue weighted by Crippen LogP contribution is 2.10. The molecule has 6 nitrogen and oxygen atoms in total. The van der Waals surface area contributed by atoms with Crippen molar-refractivity contribution in [3.63, 3.8) is 0 Å². The number of rotatable bonds is 5. The van der Waals surface area contributed by atoms with Crippen LogP contribution in [-0.2, 0) is 6.54 Å². The Morgan fingerprint density at radius 3 is 2.86 bits per heavy atom. The number of pyridine rings is 1. The van der Waals surface area contributed by atoms with Crippen molar-refractivity contribution in [2.24, 2.45) is 0 Å². The maximum absolute atomic E-state index is 12.4. The van der Waals surface area contributed by atoms with Crippen molar-refractivity contribution in [1.82, 2.24) is 19.9 Å². The van der Waals surface area contributed by atoms with E-state index in [1.54, 1.807) is 18.5 Å². The number of halogens is 1. The highest BCUT2D eigenvalue weighted by Gasteiger charge is 2.18. The Hall–Kier alpha value is -2.52. The van der Waals surface area contributed by atoms with Crippen molar-refractivity contribution >= 4 is 17.5 Å². The van der Waals surface area contributed by atoms with Crippen molar-refractivity contribution < 1.29 is 4.79 Å². The highest BCUT2D eigenvalue weighted by molar-refractivity contribution is 6.29. The molecule has 0 atom stereocenters. The Labute approximate surface area is 127 Å². The molecule has 1 amide bonds. The smallest absolute Gasteiger partial charge is 0.274 e. The fourth-order valence-electron chi connectivity index (χ4n) is 1.76. The van der Waals surface area contributed by atoms with E-state index >= 15 is 0 Å². The van der Waals surface area contributed by atoms with E-state index in [2.05, 4.69) is 15.0 Å². The van der Waals surface area contributed by atoms with Gasteiger partial charge in [0.15, 0.2) is 0 Å². The lowest BCUT2D eigenvalue weighted by atomic mass is 10.2. The fourth-order valence-corrected chi connectivity index (χ4v) is 1.90. The first-order valence-electron chi connectivity index (χ1n) is 6.23. The number of carbonyl (C=O) groups excluding carboxylic acids is 1. The van der Waals surface area contributed by atoms with Crippen LogP contribution in [0.2, 0.25) is 5.15 Å². The first kappa shape index (κ1) is 14.9. The number of nitriles is 1. The summed E-state index contributed by atoms with van der Waals surface area (Å²) in [6, 6.07) is 5.69. The van der Waals surface area contributed by atoms with Crippen LogP contribution in [0.3, 0.4) is 0 Å². The van der Waals surface area contributed by atoms with E-state index in [-0.39, 0.29) is 23.2 Å². The summed E-state index contributed by atoms with van der Waals surface area (Å²) < 4.78 is 0. The molecule has 0 N–H and O–H groups in total. The molecule has 0 saturated carbocycles. The summed E-state index contributed by atoms with van der Waals surface area (Å²) in [5.41, 5.74) is 1.03. The van der Waals surface area contributed by atoms with Gasteiger partial charge in [-0.3, -0.25) is 14.8 Å². The van der Waals surface area contributed by atoms with Crippen LogP contribution in [0, 0.1) is 11.3 Å². The zero-order valence-corrected chi connectivity index (χ0v) is 11.9. The zero-order valence-electron chi connectivity index (χ0n) is 11.1. The number of hydrogen-bond acceptors (Lipinski definition) is 5. The number of carbonyl (C=O) groups is 1. The molecule has 21 heavy (non-hydrogen) atoms. The maximum Gasteiger partial charge on any atom is 0.274 e. The average Bonchev–Trinajstić information content (AvgIpc) is 2.51. The van der Waals surface area contributed by atoms with Gasteiger partial charge >= 0.3 is 0 Å².